The Labute approximate surface area is 98.0 Å². The summed E-state index contributed by atoms with van der Waals surface area (Å²) < 4.78 is 5.69. The molecule has 0 aromatic heterocycles. The highest BCUT2D eigenvalue weighted by molar-refractivity contribution is 5.40. The highest BCUT2D eigenvalue weighted by Gasteiger charge is 2.18. The van der Waals surface area contributed by atoms with Crippen LogP contribution in [0.4, 0.5) is 0 Å². The van der Waals surface area contributed by atoms with Crippen molar-refractivity contribution < 1.29 is 4.74 Å². The zero-order valence-electron chi connectivity index (χ0n) is 10.3. The van der Waals surface area contributed by atoms with E-state index in [9.17, 15) is 0 Å². The molecule has 1 aromatic rings. The van der Waals surface area contributed by atoms with E-state index in [0.29, 0.717) is 6.10 Å². The fourth-order valence-corrected chi connectivity index (χ4v) is 2.26. The summed E-state index contributed by atoms with van der Waals surface area (Å²) >= 11 is 0. The molecule has 1 atom stereocenters. The largest absolute Gasteiger partial charge is 0.490 e. The van der Waals surface area contributed by atoms with Crippen LogP contribution in [0.5, 0.6) is 5.75 Å². The van der Waals surface area contributed by atoms with E-state index in [0.717, 1.165) is 18.7 Å². The maximum atomic E-state index is 5.69. The predicted octanol–water partition coefficient (Wildman–Crippen LogP) is 2.55. The van der Waals surface area contributed by atoms with E-state index in [2.05, 4.69) is 30.4 Å². The summed E-state index contributed by atoms with van der Waals surface area (Å²) in [4.78, 5) is 0. The van der Waals surface area contributed by atoms with Crippen molar-refractivity contribution in [2.24, 2.45) is 0 Å². The highest BCUT2D eigenvalue weighted by atomic mass is 16.5. The third kappa shape index (κ3) is 2.76. The second-order valence-corrected chi connectivity index (χ2v) is 4.64. The lowest BCUT2D eigenvalue weighted by molar-refractivity contribution is 0.254. The van der Waals surface area contributed by atoms with E-state index < -0.39 is 0 Å². The van der Waals surface area contributed by atoms with Crippen LogP contribution < -0.4 is 10.1 Å². The quantitative estimate of drug-likeness (QED) is 0.768. The lowest BCUT2D eigenvalue weighted by atomic mass is 10.0. The van der Waals surface area contributed by atoms with E-state index in [1.807, 2.05) is 7.05 Å². The molecule has 0 bridgehead atoms. The van der Waals surface area contributed by atoms with Gasteiger partial charge in [-0.1, -0.05) is 12.1 Å². The van der Waals surface area contributed by atoms with Crippen molar-refractivity contribution in [1.82, 2.24) is 5.32 Å². The van der Waals surface area contributed by atoms with Gasteiger partial charge in [0.05, 0.1) is 0 Å². The van der Waals surface area contributed by atoms with Crippen LogP contribution in [-0.2, 0) is 12.8 Å². The van der Waals surface area contributed by atoms with Gasteiger partial charge in [-0.25, -0.2) is 0 Å². The molecule has 0 radical (unpaired) electrons. The fraction of sp³-hybridized carbons (Fsp3) is 0.571. The number of fused-ring (bicyclic) bond motifs is 1. The molecule has 1 aliphatic rings. The average Bonchev–Trinajstić information content (AvgIpc) is 2.64. The van der Waals surface area contributed by atoms with E-state index >= 15 is 0 Å². The van der Waals surface area contributed by atoms with Crippen molar-refractivity contribution in [3.63, 3.8) is 0 Å². The molecule has 0 fully saturated rings. The summed E-state index contributed by atoms with van der Waals surface area (Å²) in [7, 11) is 2.01. The van der Waals surface area contributed by atoms with Crippen molar-refractivity contribution in [2.75, 3.05) is 13.6 Å². The Kier molecular flexibility index (Phi) is 3.83. The molecule has 1 aliphatic heterocycles. The molecule has 2 rings (SSSR count). The smallest absolute Gasteiger partial charge is 0.123 e. The van der Waals surface area contributed by atoms with Gasteiger partial charge < -0.3 is 10.1 Å². The summed E-state index contributed by atoms with van der Waals surface area (Å²) in [5.74, 6) is 1.09. The number of unbranched alkanes of at least 4 members (excludes halogenated alkanes) is 1. The molecule has 16 heavy (non-hydrogen) atoms. The van der Waals surface area contributed by atoms with Crippen molar-refractivity contribution in [1.29, 1.82) is 0 Å². The molecule has 0 saturated carbocycles. The van der Waals surface area contributed by atoms with Crippen LogP contribution in [0.3, 0.4) is 0 Å². The zero-order valence-corrected chi connectivity index (χ0v) is 10.3. The van der Waals surface area contributed by atoms with Crippen LogP contribution in [0.1, 0.15) is 30.9 Å². The van der Waals surface area contributed by atoms with Gasteiger partial charge in [-0.15, -0.1) is 0 Å². The van der Waals surface area contributed by atoms with Crippen LogP contribution in [0.2, 0.25) is 0 Å². The zero-order chi connectivity index (χ0) is 11.4. The number of hydrogen-bond donors (Lipinski definition) is 1. The minimum Gasteiger partial charge on any atom is -0.490 e. The Hall–Kier alpha value is -1.02. The molecule has 2 nitrogen and oxygen atoms in total. The van der Waals surface area contributed by atoms with Crippen LogP contribution in [0.25, 0.3) is 0 Å². The highest BCUT2D eigenvalue weighted by Crippen LogP contribution is 2.29. The second-order valence-electron chi connectivity index (χ2n) is 4.64. The van der Waals surface area contributed by atoms with Gasteiger partial charge >= 0.3 is 0 Å². The topological polar surface area (TPSA) is 21.3 Å². The van der Waals surface area contributed by atoms with Gasteiger partial charge in [-0.3, -0.25) is 0 Å². The predicted molar refractivity (Wildman–Crippen MR) is 67.1 cm³/mol. The van der Waals surface area contributed by atoms with Gasteiger partial charge in [-0.2, -0.15) is 0 Å². The molecule has 2 heteroatoms. The maximum Gasteiger partial charge on any atom is 0.123 e. The minimum absolute atomic E-state index is 0.356. The Morgan fingerprint density at radius 2 is 2.25 bits per heavy atom. The first-order valence-corrected chi connectivity index (χ1v) is 6.22. The molecule has 1 heterocycles. The van der Waals surface area contributed by atoms with Crippen LogP contribution in [-0.4, -0.2) is 19.7 Å². The van der Waals surface area contributed by atoms with E-state index in [1.165, 1.54) is 30.4 Å². The molecule has 1 N–H and O–H groups in total. The SMILES string of the molecule is CNCCCCc1ccc2c(c1)CC(C)O2. The van der Waals surface area contributed by atoms with Gasteiger partial charge in [0.25, 0.3) is 0 Å². The summed E-state index contributed by atoms with van der Waals surface area (Å²) in [6.45, 7) is 3.25. The Morgan fingerprint density at radius 1 is 1.38 bits per heavy atom. The molecular formula is C14H21NO. The normalized spacial score (nSPS) is 18.2. The third-order valence-electron chi connectivity index (χ3n) is 3.10. The molecule has 88 valence electrons. The van der Waals surface area contributed by atoms with Gasteiger partial charge in [0.15, 0.2) is 0 Å². The standard InChI is InChI=1S/C14H21NO/c1-11-9-13-10-12(5-3-4-8-15-2)6-7-14(13)16-11/h6-7,10-11,15H,3-5,8-9H2,1-2H3. The Morgan fingerprint density at radius 3 is 3.06 bits per heavy atom. The molecule has 1 aromatic carbocycles. The van der Waals surface area contributed by atoms with E-state index in [1.54, 1.807) is 0 Å². The molecule has 0 spiro atoms. The van der Waals surface area contributed by atoms with Crippen molar-refractivity contribution in [2.45, 2.75) is 38.7 Å². The monoisotopic (exact) mass is 219 g/mol. The van der Waals surface area contributed by atoms with Crippen LogP contribution in [0, 0.1) is 0 Å². The molecule has 0 amide bonds. The van der Waals surface area contributed by atoms with Crippen molar-refractivity contribution in [3.8, 4) is 5.75 Å². The maximum absolute atomic E-state index is 5.69. The van der Waals surface area contributed by atoms with Gasteiger partial charge in [0, 0.05) is 6.42 Å². The van der Waals surface area contributed by atoms with Gasteiger partial charge in [0.2, 0.25) is 0 Å². The number of hydrogen-bond acceptors (Lipinski definition) is 2. The van der Waals surface area contributed by atoms with Gasteiger partial charge in [-0.05, 0) is 57.0 Å². The summed E-state index contributed by atoms with van der Waals surface area (Å²) in [6.07, 6.45) is 5.12. The van der Waals surface area contributed by atoms with Crippen molar-refractivity contribution in [3.05, 3.63) is 29.3 Å². The molecule has 0 saturated heterocycles. The van der Waals surface area contributed by atoms with E-state index in [-0.39, 0.29) is 0 Å². The number of aryl methyl sites for hydroxylation is 1. The Bertz CT molecular complexity index is 349. The fourth-order valence-electron chi connectivity index (χ4n) is 2.26. The number of ether oxygens (including phenoxy) is 1. The van der Waals surface area contributed by atoms with Crippen LogP contribution >= 0.6 is 0 Å². The Balaban J connectivity index is 1.90. The molecular weight excluding hydrogens is 198 g/mol. The number of rotatable bonds is 5. The number of benzene rings is 1. The second kappa shape index (κ2) is 5.35. The summed E-state index contributed by atoms with van der Waals surface area (Å²) in [5, 5.41) is 3.18. The van der Waals surface area contributed by atoms with Crippen molar-refractivity contribution >= 4 is 0 Å². The summed E-state index contributed by atoms with van der Waals surface area (Å²) in [5.41, 5.74) is 2.84. The minimum atomic E-state index is 0.356. The lowest BCUT2D eigenvalue weighted by Crippen LogP contribution is -2.07. The first-order chi connectivity index (χ1) is 7.79. The third-order valence-corrected chi connectivity index (χ3v) is 3.10. The molecule has 0 aliphatic carbocycles. The van der Waals surface area contributed by atoms with Gasteiger partial charge in [0.1, 0.15) is 11.9 Å². The average molecular weight is 219 g/mol. The van der Waals surface area contributed by atoms with Crippen LogP contribution in [0.15, 0.2) is 18.2 Å². The van der Waals surface area contributed by atoms with E-state index in [4.69, 9.17) is 4.74 Å². The molecule has 1 unspecified atom stereocenters. The number of nitrogens with one attached hydrogen (secondary N) is 1. The summed E-state index contributed by atoms with van der Waals surface area (Å²) in [6, 6.07) is 6.65. The first-order valence-electron chi connectivity index (χ1n) is 6.22. The first kappa shape index (κ1) is 11.5. The lowest BCUT2D eigenvalue weighted by Gasteiger charge is -2.04.